The molecule has 1 saturated heterocycles. The van der Waals surface area contributed by atoms with Gasteiger partial charge in [0.25, 0.3) is 0 Å². The lowest BCUT2D eigenvalue weighted by molar-refractivity contribution is -0.253. The Morgan fingerprint density at radius 1 is 0.673 bits per heavy atom. The van der Waals surface area contributed by atoms with E-state index in [1.807, 2.05) is 60.7 Å². The van der Waals surface area contributed by atoms with Crippen molar-refractivity contribution in [1.29, 1.82) is 0 Å². The van der Waals surface area contributed by atoms with Crippen molar-refractivity contribution in [3.8, 4) is 0 Å². The van der Waals surface area contributed by atoms with E-state index in [9.17, 15) is 14.7 Å². The minimum atomic E-state index is -0.775. The van der Waals surface area contributed by atoms with Gasteiger partial charge in [-0.3, -0.25) is 14.5 Å². The molecule has 0 spiro atoms. The second-order valence-electron chi connectivity index (χ2n) is 12.8. The Morgan fingerprint density at radius 2 is 1.24 bits per heavy atom. The molecule has 1 aliphatic heterocycles. The highest BCUT2D eigenvalue weighted by Gasteiger charge is 2.33. The van der Waals surface area contributed by atoms with Crippen LogP contribution in [0.2, 0.25) is 0 Å². The molecule has 0 aliphatic carbocycles. The number of nitrogens with one attached hydrogen (secondary N) is 1. The summed E-state index contributed by atoms with van der Waals surface area (Å²) in [5, 5.41) is 21.3. The van der Waals surface area contributed by atoms with Gasteiger partial charge < -0.3 is 25.0 Å². The first-order valence-electron chi connectivity index (χ1n) is 17.3. The Labute approximate surface area is 289 Å². The Kier molecular flexibility index (Phi) is 13.9. The first-order valence-corrected chi connectivity index (χ1v) is 17.3. The predicted octanol–water partition coefficient (Wildman–Crippen LogP) is 7.47. The maximum Gasteiger partial charge on any atom is 0.303 e. The number of hydrogen-bond acceptors (Lipinski definition) is 6. The summed E-state index contributed by atoms with van der Waals surface area (Å²) in [7, 11) is 0. The molecule has 258 valence electrons. The molecular formula is C41H48N2O6. The number of ether oxygens (including phenoxy) is 2. The number of carboxylic acids is 1. The number of aliphatic hydroxyl groups is 1. The van der Waals surface area contributed by atoms with Gasteiger partial charge in [0.2, 0.25) is 5.91 Å². The van der Waals surface area contributed by atoms with E-state index in [0.717, 1.165) is 61.2 Å². The summed E-state index contributed by atoms with van der Waals surface area (Å²) >= 11 is 0. The van der Waals surface area contributed by atoms with E-state index in [2.05, 4.69) is 58.7 Å². The van der Waals surface area contributed by atoms with Crippen molar-refractivity contribution in [2.24, 2.45) is 0 Å². The van der Waals surface area contributed by atoms with E-state index < -0.39 is 12.3 Å². The zero-order chi connectivity index (χ0) is 34.3. The molecule has 0 aromatic heterocycles. The fourth-order valence-electron chi connectivity index (χ4n) is 6.19. The van der Waals surface area contributed by atoms with Crippen LogP contribution in [0.25, 0.3) is 0 Å². The summed E-state index contributed by atoms with van der Waals surface area (Å²) < 4.78 is 13.3. The van der Waals surface area contributed by atoms with E-state index in [-0.39, 0.29) is 31.1 Å². The lowest BCUT2D eigenvalue weighted by Crippen LogP contribution is -2.39. The molecule has 0 saturated carbocycles. The summed E-state index contributed by atoms with van der Waals surface area (Å²) in [5.41, 5.74) is 6.30. The molecule has 3 atom stereocenters. The number of nitrogens with zero attached hydrogens (tertiary/aromatic N) is 1. The zero-order valence-electron chi connectivity index (χ0n) is 28.1. The van der Waals surface area contributed by atoms with E-state index in [4.69, 9.17) is 14.6 Å². The lowest BCUT2D eigenvalue weighted by Gasteiger charge is -2.38. The highest BCUT2D eigenvalue weighted by molar-refractivity contribution is 5.75. The van der Waals surface area contributed by atoms with Gasteiger partial charge in [0.15, 0.2) is 6.29 Å². The van der Waals surface area contributed by atoms with Gasteiger partial charge in [0, 0.05) is 51.0 Å². The minimum Gasteiger partial charge on any atom is -0.481 e. The largest absolute Gasteiger partial charge is 0.481 e. The van der Waals surface area contributed by atoms with Crippen molar-refractivity contribution in [3.63, 3.8) is 0 Å². The van der Waals surface area contributed by atoms with Crippen molar-refractivity contribution < 1.29 is 29.3 Å². The Hall–Kier alpha value is -4.34. The van der Waals surface area contributed by atoms with E-state index >= 15 is 0 Å². The van der Waals surface area contributed by atoms with Crippen LogP contribution >= 0.6 is 0 Å². The summed E-state index contributed by atoms with van der Waals surface area (Å²) in [6.07, 6.45) is 3.52. The highest BCUT2D eigenvalue weighted by Crippen LogP contribution is 2.38. The molecule has 8 heteroatoms. The van der Waals surface area contributed by atoms with Gasteiger partial charge >= 0.3 is 5.97 Å². The van der Waals surface area contributed by atoms with Gasteiger partial charge in [-0.05, 0) is 40.7 Å². The van der Waals surface area contributed by atoms with Crippen molar-refractivity contribution in [1.82, 2.24) is 10.2 Å². The Bertz CT molecular complexity index is 1520. The number of unbranched alkanes of at least 4 members (excludes halogenated alkanes) is 3. The van der Waals surface area contributed by atoms with Crippen LogP contribution in [0, 0.1) is 0 Å². The molecule has 4 aromatic rings. The molecule has 49 heavy (non-hydrogen) atoms. The molecule has 3 unspecified atom stereocenters. The van der Waals surface area contributed by atoms with Crippen molar-refractivity contribution in [2.45, 2.75) is 89.7 Å². The molecule has 1 aliphatic rings. The van der Waals surface area contributed by atoms with Crippen LogP contribution in [0.1, 0.15) is 90.7 Å². The molecule has 5 rings (SSSR count). The SMILES string of the molecule is O=C(O)CCCCCCC(=O)NCc1ccc(C2OC(CN(Cc3ccccc3)Cc3ccccc3)CC(c3ccc(CO)cc3)O2)cc1. The summed E-state index contributed by atoms with van der Waals surface area (Å²) in [6, 6.07) is 37.0. The minimum absolute atomic E-state index is 0.00447. The second kappa shape index (κ2) is 19.0. The second-order valence-corrected chi connectivity index (χ2v) is 12.8. The molecule has 3 N–H and O–H groups in total. The van der Waals surface area contributed by atoms with Crippen LogP contribution in [-0.4, -0.2) is 39.6 Å². The number of carboxylic acid groups (broad SMARTS) is 1. The predicted molar refractivity (Wildman–Crippen MR) is 189 cm³/mol. The summed E-state index contributed by atoms with van der Waals surface area (Å²) in [6.45, 7) is 2.74. The highest BCUT2D eigenvalue weighted by atomic mass is 16.7. The molecule has 0 radical (unpaired) electrons. The first kappa shape index (κ1) is 36.0. The molecule has 4 aromatic carbocycles. The van der Waals surface area contributed by atoms with Crippen molar-refractivity contribution >= 4 is 11.9 Å². The fraction of sp³-hybridized carbons (Fsp3) is 0.366. The normalized spacial score (nSPS) is 17.6. The molecule has 1 amide bonds. The lowest BCUT2D eigenvalue weighted by atomic mass is 9.99. The van der Waals surface area contributed by atoms with Gasteiger partial charge in [-0.1, -0.05) is 122 Å². The maximum atomic E-state index is 12.4. The van der Waals surface area contributed by atoms with Gasteiger partial charge in [-0.2, -0.15) is 0 Å². The zero-order valence-corrected chi connectivity index (χ0v) is 28.1. The standard InChI is InChI=1S/C41H48N2O6/c44-30-34-19-21-35(22-20-34)38-25-37(29-43(27-32-11-5-3-6-12-32)28-33-13-7-4-8-14-33)48-41(49-38)36-23-17-31(18-24-36)26-42-39(45)15-9-1-2-10-16-40(46)47/h3-8,11-14,17-24,37-38,41,44H,1-2,9-10,15-16,25-30H2,(H,42,45)(H,46,47). The average Bonchev–Trinajstić information content (AvgIpc) is 3.13. The van der Waals surface area contributed by atoms with Gasteiger partial charge in [-0.25, -0.2) is 0 Å². The number of aliphatic hydroxyl groups excluding tert-OH is 1. The van der Waals surface area contributed by atoms with Gasteiger partial charge in [-0.15, -0.1) is 0 Å². The summed E-state index contributed by atoms with van der Waals surface area (Å²) in [5.74, 6) is -0.780. The molecular weight excluding hydrogens is 616 g/mol. The smallest absolute Gasteiger partial charge is 0.303 e. The Morgan fingerprint density at radius 3 is 1.84 bits per heavy atom. The monoisotopic (exact) mass is 664 g/mol. The third kappa shape index (κ3) is 11.9. The number of carbonyl (C=O) groups excluding carboxylic acids is 1. The quantitative estimate of drug-likeness (QED) is 0.0948. The van der Waals surface area contributed by atoms with Crippen LogP contribution < -0.4 is 5.32 Å². The number of amides is 1. The van der Waals surface area contributed by atoms with Crippen LogP contribution in [-0.2, 0) is 45.3 Å². The Balaban J connectivity index is 1.24. The number of rotatable bonds is 18. The van der Waals surface area contributed by atoms with E-state index in [0.29, 0.717) is 25.8 Å². The number of benzene rings is 4. The van der Waals surface area contributed by atoms with Crippen LogP contribution in [0.15, 0.2) is 109 Å². The molecule has 1 fully saturated rings. The topological polar surface area (TPSA) is 108 Å². The number of hydrogen-bond donors (Lipinski definition) is 3. The fourth-order valence-corrected chi connectivity index (χ4v) is 6.19. The van der Waals surface area contributed by atoms with Crippen LogP contribution in [0.5, 0.6) is 0 Å². The summed E-state index contributed by atoms with van der Waals surface area (Å²) in [4.78, 5) is 25.5. The average molecular weight is 665 g/mol. The van der Waals surface area contributed by atoms with Gasteiger partial charge in [0.05, 0.1) is 18.8 Å². The van der Waals surface area contributed by atoms with E-state index in [1.165, 1.54) is 11.1 Å². The first-order chi connectivity index (χ1) is 23.9. The maximum absolute atomic E-state index is 12.4. The molecule has 1 heterocycles. The molecule has 0 bridgehead atoms. The van der Waals surface area contributed by atoms with Crippen LogP contribution in [0.4, 0.5) is 0 Å². The third-order valence-corrected chi connectivity index (χ3v) is 8.86. The van der Waals surface area contributed by atoms with Crippen LogP contribution in [0.3, 0.4) is 0 Å². The number of carbonyl (C=O) groups is 2. The van der Waals surface area contributed by atoms with Crippen molar-refractivity contribution in [3.05, 3.63) is 143 Å². The van der Waals surface area contributed by atoms with Gasteiger partial charge in [0.1, 0.15) is 0 Å². The van der Waals surface area contributed by atoms with Crippen molar-refractivity contribution in [2.75, 3.05) is 6.54 Å². The molecule has 8 nitrogen and oxygen atoms in total. The third-order valence-electron chi connectivity index (χ3n) is 8.86. The number of aliphatic carboxylic acids is 1. The van der Waals surface area contributed by atoms with E-state index in [1.54, 1.807) is 0 Å².